The number of aryl methyl sites for hydroxylation is 1. The van der Waals surface area contributed by atoms with Gasteiger partial charge in [-0.25, -0.2) is 13.2 Å². The summed E-state index contributed by atoms with van der Waals surface area (Å²) in [6.07, 6.45) is 5.10. The fourth-order valence-electron chi connectivity index (χ4n) is 3.66. The maximum absolute atomic E-state index is 12.9. The first-order valence-electron chi connectivity index (χ1n) is 9.10. The molecule has 0 bridgehead atoms. The zero-order chi connectivity index (χ0) is 17.9. The van der Waals surface area contributed by atoms with Crippen molar-refractivity contribution in [1.29, 1.82) is 0 Å². The minimum Gasteiger partial charge on any atom is -0.335 e. The van der Waals surface area contributed by atoms with E-state index in [4.69, 9.17) is 0 Å². The van der Waals surface area contributed by atoms with Gasteiger partial charge in [0.15, 0.2) is 0 Å². The summed E-state index contributed by atoms with van der Waals surface area (Å²) >= 11 is 0. The van der Waals surface area contributed by atoms with Gasteiger partial charge in [-0.05, 0) is 37.8 Å². The van der Waals surface area contributed by atoms with Gasteiger partial charge in [-0.3, -0.25) is 0 Å². The Morgan fingerprint density at radius 1 is 1.04 bits per heavy atom. The molecule has 1 aliphatic heterocycles. The zero-order valence-electron chi connectivity index (χ0n) is 14.8. The van der Waals surface area contributed by atoms with Crippen molar-refractivity contribution in [2.45, 2.75) is 50.0 Å². The van der Waals surface area contributed by atoms with Gasteiger partial charge in [-0.15, -0.1) is 0 Å². The normalized spacial score (nSPS) is 20.4. The van der Waals surface area contributed by atoms with Crippen molar-refractivity contribution >= 4 is 16.1 Å². The third-order valence-electron chi connectivity index (χ3n) is 5.14. The molecule has 6 nitrogen and oxygen atoms in total. The SMILES string of the molecule is Cc1ccccc1S(=O)(=O)N1CCCN(C(=O)NC2CCCC2)CC1. The van der Waals surface area contributed by atoms with Gasteiger partial charge in [-0.2, -0.15) is 4.31 Å². The van der Waals surface area contributed by atoms with Gasteiger partial charge in [0.05, 0.1) is 4.90 Å². The maximum Gasteiger partial charge on any atom is 0.317 e. The third kappa shape index (κ3) is 4.15. The molecule has 1 aromatic carbocycles. The Morgan fingerprint density at radius 2 is 1.76 bits per heavy atom. The molecule has 2 amide bonds. The topological polar surface area (TPSA) is 69.7 Å². The maximum atomic E-state index is 12.9. The van der Waals surface area contributed by atoms with Gasteiger partial charge < -0.3 is 10.2 Å². The Kier molecular flexibility index (Phi) is 5.64. The number of carbonyl (C=O) groups is 1. The standard InChI is InChI=1S/C18H27N3O3S/c1-15-7-2-5-10-17(15)25(23,24)21-12-6-11-20(13-14-21)18(22)19-16-8-3-4-9-16/h2,5,7,10,16H,3-4,6,8-9,11-14H2,1H3,(H,19,22). The molecule has 2 fully saturated rings. The van der Waals surface area contributed by atoms with Gasteiger partial charge in [0.25, 0.3) is 0 Å². The van der Waals surface area contributed by atoms with Crippen LogP contribution in [-0.4, -0.2) is 55.9 Å². The number of hydrogen-bond donors (Lipinski definition) is 1. The van der Waals surface area contributed by atoms with Crippen LogP contribution in [0.2, 0.25) is 0 Å². The predicted octanol–water partition coefficient (Wildman–Crippen LogP) is 2.34. The fourth-order valence-corrected chi connectivity index (χ4v) is 5.35. The molecular formula is C18H27N3O3S. The largest absolute Gasteiger partial charge is 0.335 e. The van der Waals surface area contributed by atoms with Crippen molar-refractivity contribution < 1.29 is 13.2 Å². The van der Waals surface area contributed by atoms with Crippen LogP contribution in [0.4, 0.5) is 4.79 Å². The van der Waals surface area contributed by atoms with Crippen molar-refractivity contribution in [3.8, 4) is 0 Å². The molecule has 138 valence electrons. The molecule has 3 rings (SSSR count). The highest BCUT2D eigenvalue weighted by Crippen LogP contribution is 2.21. The second-order valence-corrected chi connectivity index (χ2v) is 8.85. The van der Waals surface area contributed by atoms with Crippen LogP contribution in [-0.2, 0) is 10.0 Å². The van der Waals surface area contributed by atoms with Crippen LogP contribution in [0, 0.1) is 6.92 Å². The van der Waals surface area contributed by atoms with Crippen molar-refractivity contribution in [2.75, 3.05) is 26.2 Å². The molecule has 0 spiro atoms. The monoisotopic (exact) mass is 365 g/mol. The van der Waals surface area contributed by atoms with Crippen LogP contribution >= 0.6 is 0 Å². The van der Waals surface area contributed by atoms with Crippen molar-refractivity contribution in [3.63, 3.8) is 0 Å². The van der Waals surface area contributed by atoms with E-state index < -0.39 is 10.0 Å². The van der Waals surface area contributed by atoms with E-state index in [1.165, 1.54) is 17.1 Å². The quantitative estimate of drug-likeness (QED) is 0.894. The number of nitrogens with one attached hydrogen (secondary N) is 1. The Hall–Kier alpha value is -1.60. The summed E-state index contributed by atoms with van der Waals surface area (Å²) in [5, 5.41) is 3.09. The highest BCUT2D eigenvalue weighted by Gasteiger charge is 2.29. The van der Waals surface area contributed by atoms with E-state index in [1.807, 2.05) is 19.1 Å². The highest BCUT2D eigenvalue weighted by molar-refractivity contribution is 7.89. The predicted molar refractivity (Wildman–Crippen MR) is 96.9 cm³/mol. The Bertz CT molecular complexity index is 714. The second-order valence-electron chi connectivity index (χ2n) is 6.94. The van der Waals surface area contributed by atoms with Crippen LogP contribution in [0.1, 0.15) is 37.7 Å². The number of carbonyl (C=O) groups excluding carboxylic acids is 1. The first-order valence-corrected chi connectivity index (χ1v) is 10.5. The molecule has 0 aromatic heterocycles. The summed E-state index contributed by atoms with van der Waals surface area (Å²) in [5.41, 5.74) is 0.752. The summed E-state index contributed by atoms with van der Waals surface area (Å²) in [4.78, 5) is 14.5. The van der Waals surface area contributed by atoms with E-state index in [2.05, 4.69) is 5.32 Å². The lowest BCUT2D eigenvalue weighted by Crippen LogP contribution is -2.45. The number of benzene rings is 1. The van der Waals surface area contributed by atoms with Gasteiger partial charge in [0.2, 0.25) is 10.0 Å². The molecule has 0 radical (unpaired) electrons. The molecule has 2 aliphatic rings. The molecule has 7 heteroatoms. The fraction of sp³-hybridized carbons (Fsp3) is 0.611. The molecule has 1 saturated heterocycles. The Balaban J connectivity index is 1.65. The lowest BCUT2D eigenvalue weighted by Gasteiger charge is -2.24. The molecule has 1 saturated carbocycles. The van der Waals surface area contributed by atoms with Crippen molar-refractivity contribution in [2.24, 2.45) is 0 Å². The molecule has 25 heavy (non-hydrogen) atoms. The summed E-state index contributed by atoms with van der Waals surface area (Å²) in [6.45, 7) is 3.63. The lowest BCUT2D eigenvalue weighted by molar-refractivity contribution is 0.196. The number of sulfonamides is 1. The summed E-state index contributed by atoms with van der Waals surface area (Å²) in [7, 11) is -3.51. The molecule has 0 atom stereocenters. The summed E-state index contributed by atoms with van der Waals surface area (Å²) in [6, 6.07) is 7.28. The van der Waals surface area contributed by atoms with Gasteiger partial charge in [0, 0.05) is 32.2 Å². The molecule has 1 aliphatic carbocycles. The Labute approximate surface area is 150 Å². The van der Waals surface area contributed by atoms with E-state index in [-0.39, 0.29) is 12.1 Å². The minimum absolute atomic E-state index is 0.0537. The third-order valence-corrected chi connectivity index (χ3v) is 7.20. The van der Waals surface area contributed by atoms with Crippen LogP contribution in [0.5, 0.6) is 0 Å². The van der Waals surface area contributed by atoms with Crippen molar-refractivity contribution in [1.82, 2.24) is 14.5 Å². The first kappa shape index (κ1) is 18.2. The van der Waals surface area contributed by atoms with Crippen LogP contribution in [0.15, 0.2) is 29.2 Å². The first-order chi connectivity index (χ1) is 12.0. The van der Waals surface area contributed by atoms with E-state index in [0.717, 1.165) is 18.4 Å². The lowest BCUT2D eigenvalue weighted by atomic mass is 10.2. The van der Waals surface area contributed by atoms with Gasteiger partial charge >= 0.3 is 6.03 Å². The zero-order valence-corrected chi connectivity index (χ0v) is 15.6. The van der Waals surface area contributed by atoms with Crippen LogP contribution < -0.4 is 5.32 Å². The van der Waals surface area contributed by atoms with Gasteiger partial charge in [-0.1, -0.05) is 31.0 Å². The van der Waals surface area contributed by atoms with Crippen molar-refractivity contribution in [3.05, 3.63) is 29.8 Å². The molecular weight excluding hydrogens is 338 g/mol. The highest BCUT2D eigenvalue weighted by atomic mass is 32.2. The average molecular weight is 365 g/mol. The minimum atomic E-state index is -3.51. The summed E-state index contributed by atoms with van der Waals surface area (Å²) in [5.74, 6) is 0. The smallest absolute Gasteiger partial charge is 0.317 e. The van der Waals surface area contributed by atoms with E-state index in [0.29, 0.717) is 37.5 Å². The number of hydrogen-bond acceptors (Lipinski definition) is 3. The molecule has 1 aromatic rings. The van der Waals surface area contributed by atoms with E-state index >= 15 is 0 Å². The number of urea groups is 1. The van der Waals surface area contributed by atoms with Crippen LogP contribution in [0.3, 0.4) is 0 Å². The summed E-state index contributed by atoms with van der Waals surface area (Å²) < 4.78 is 27.4. The number of rotatable bonds is 3. The Morgan fingerprint density at radius 3 is 2.48 bits per heavy atom. The number of amides is 2. The van der Waals surface area contributed by atoms with Crippen LogP contribution in [0.25, 0.3) is 0 Å². The molecule has 0 unspecified atom stereocenters. The molecule has 1 heterocycles. The second kappa shape index (κ2) is 7.74. The van der Waals surface area contributed by atoms with E-state index in [1.54, 1.807) is 17.0 Å². The number of nitrogens with zero attached hydrogens (tertiary/aromatic N) is 2. The molecule has 1 N–H and O–H groups in total. The van der Waals surface area contributed by atoms with Gasteiger partial charge in [0.1, 0.15) is 0 Å². The van der Waals surface area contributed by atoms with E-state index in [9.17, 15) is 13.2 Å². The average Bonchev–Trinajstić information content (AvgIpc) is 2.95.